The molecule has 1 aromatic carbocycles. The molecule has 2 rings (SSSR count). The van der Waals surface area contributed by atoms with Gasteiger partial charge in [0.05, 0.1) is 12.1 Å². The number of carbonyl (C=O) groups is 5. The van der Waals surface area contributed by atoms with Crippen molar-refractivity contribution in [2.24, 2.45) is 17.4 Å². The average molecular weight is 547 g/mol. The molecule has 0 saturated carbocycles. The topological polar surface area (TPSA) is 230 Å². The zero-order chi connectivity index (χ0) is 29.3. The van der Waals surface area contributed by atoms with E-state index in [1.165, 1.54) is 6.92 Å². The summed E-state index contributed by atoms with van der Waals surface area (Å²) in [5.41, 5.74) is 12.9. The number of aliphatic carboxylic acids is 1. The molecule has 0 radical (unpaired) electrons. The van der Waals surface area contributed by atoms with Gasteiger partial charge < -0.3 is 42.6 Å². The third-order valence-electron chi connectivity index (χ3n) is 6.60. The summed E-state index contributed by atoms with van der Waals surface area (Å²) >= 11 is 0. The van der Waals surface area contributed by atoms with Gasteiger partial charge >= 0.3 is 5.97 Å². The quantitative estimate of drug-likeness (QED) is 0.142. The third kappa shape index (κ3) is 8.79. The summed E-state index contributed by atoms with van der Waals surface area (Å²) in [4.78, 5) is 64.7. The van der Waals surface area contributed by atoms with Crippen LogP contribution in [-0.2, 0) is 30.4 Å². The van der Waals surface area contributed by atoms with Crippen LogP contribution in [0.4, 0.5) is 0 Å². The van der Waals surface area contributed by atoms with Gasteiger partial charge in [0.15, 0.2) is 0 Å². The normalized spacial score (nSPS) is 15.8. The first-order chi connectivity index (χ1) is 18.3. The van der Waals surface area contributed by atoms with Crippen LogP contribution >= 0.6 is 0 Å². The highest BCUT2D eigenvalue weighted by Gasteiger charge is 2.34. The molecule has 10 N–H and O–H groups in total. The van der Waals surface area contributed by atoms with E-state index in [2.05, 4.69) is 20.9 Å². The van der Waals surface area contributed by atoms with Crippen molar-refractivity contribution in [3.63, 3.8) is 0 Å². The summed E-state index contributed by atoms with van der Waals surface area (Å²) in [5, 5.41) is 27.9. The molecule has 13 nitrogen and oxygen atoms in total. The van der Waals surface area contributed by atoms with E-state index in [1.807, 2.05) is 24.3 Å². The molecule has 0 aliphatic heterocycles. The minimum atomic E-state index is -1.43. The highest BCUT2D eigenvalue weighted by molar-refractivity contribution is 5.95. The van der Waals surface area contributed by atoms with Gasteiger partial charge in [-0.05, 0) is 37.3 Å². The van der Waals surface area contributed by atoms with Crippen LogP contribution in [0.15, 0.2) is 30.5 Å². The van der Waals surface area contributed by atoms with Crippen molar-refractivity contribution in [1.29, 1.82) is 0 Å². The molecule has 1 heterocycles. The summed E-state index contributed by atoms with van der Waals surface area (Å²) in [6.45, 7) is 4.76. The molecular weight excluding hydrogens is 508 g/mol. The Labute approximate surface area is 226 Å². The minimum Gasteiger partial charge on any atom is -0.480 e. The second-order valence-corrected chi connectivity index (χ2v) is 9.67. The van der Waals surface area contributed by atoms with Gasteiger partial charge in [-0.2, -0.15) is 0 Å². The fourth-order valence-electron chi connectivity index (χ4n) is 4.05. The molecule has 0 aliphatic carbocycles. The first kappa shape index (κ1) is 31.2. The summed E-state index contributed by atoms with van der Waals surface area (Å²) in [5.74, 6) is -4.83. The van der Waals surface area contributed by atoms with Gasteiger partial charge in [-0.1, -0.05) is 38.5 Å². The van der Waals surface area contributed by atoms with Crippen LogP contribution in [0.25, 0.3) is 10.9 Å². The maximum Gasteiger partial charge on any atom is 0.326 e. The fourth-order valence-corrected chi connectivity index (χ4v) is 4.05. The highest BCUT2D eigenvalue weighted by atomic mass is 16.4. The first-order valence-electron chi connectivity index (χ1n) is 12.8. The number of primary amides is 1. The zero-order valence-corrected chi connectivity index (χ0v) is 22.3. The van der Waals surface area contributed by atoms with E-state index in [1.54, 1.807) is 20.0 Å². The van der Waals surface area contributed by atoms with Crippen molar-refractivity contribution in [3.05, 3.63) is 36.0 Å². The number of rotatable bonds is 15. The number of para-hydroxylation sites is 1. The number of H-pyrrole nitrogens is 1. The van der Waals surface area contributed by atoms with E-state index in [0.717, 1.165) is 16.5 Å². The van der Waals surface area contributed by atoms with Gasteiger partial charge in [0.25, 0.3) is 0 Å². The number of hydrogen-bond donors (Lipinski definition) is 8. The number of benzene rings is 1. The van der Waals surface area contributed by atoms with E-state index in [-0.39, 0.29) is 19.3 Å². The Morgan fingerprint density at radius 3 is 2.18 bits per heavy atom. The minimum absolute atomic E-state index is 0.170. The molecule has 6 unspecified atom stereocenters. The number of nitrogens with one attached hydrogen (secondary N) is 4. The van der Waals surface area contributed by atoms with E-state index in [0.29, 0.717) is 6.42 Å². The Hall–Kier alpha value is -3.97. The van der Waals surface area contributed by atoms with Crippen molar-refractivity contribution < 1.29 is 34.2 Å². The van der Waals surface area contributed by atoms with Crippen LogP contribution in [0.1, 0.15) is 45.6 Å². The van der Waals surface area contributed by atoms with E-state index in [4.69, 9.17) is 11.5 Å². The zero-order valence-electron chi connectivity index (χ0n) is 22.3. The van der Waals surface area contributed by atoms with Crippen molar-refractivity contribution in [1.82, 2.24) is 20.9 Å². The molecule has 0 fully saturated rings. The predicted octanol–water partition coefficient (Wildman–Crippen LogP) is -0.731. The fraction of sp³-hybridized carbons (Fsp3) is 0.500. The monoisotopic (exact) mass is 546 g/mol. The van der Waals surface area contributed by atoms with E-state index in [9.17, 15) is 34.2 Å². The number of hydrogen-bond acceptors (Lipinski definition) is 7. The molecule has 0 saturated heterocycles. The lowest BCUT2D eigenvalue weighted by Crippen LogP contribution is -2.61. The second kappa shape index (κ2) is 14.3. The summed E-state index contributed by atoms with van der Waals surface area (Å²) < 4.78 is 0. The summed E-state index contributed by atoms with van der Waals surface area (Å²) in [6, 6.07) is 2.46. The number of fused-ring (bicyclic) bond motifs is 1. The van der Waals surface area contributed by atoms with Gasteiger partial charge in [-0.3, -0.25) is 19.2 Å². The molecule has 214 valence electrons. The van der Waals surface area contributed by atoms with Gasteiger partial charge in [-0.25, -0.2) is 4.79 Å². The SMILES string of the molecule is CCC(C)C(NC(=O)C(NC(=O)C(N)Cc1c[nH]c2ccccc12)C(C)O)C(=O)NC(CCC(N)=O)C(=O)O. The van der Waals surface area contributed by atoms with Crippen LogP contribution in [0.3, 0.4) is 0 Å². The van der Waals surface area contributed by atoms with Gasteiger partial charge in [0, 0.05) is 23.5 Å². The van der Waals surface area contributed by atoms with Gasteiger partial charge in [-0.15, -0.1) is 0 Å². The Morgan fingerprint density at radius 1 is 0.974 bits per heavy atom. The summed E-state index contributed by atoms with van der Waals surface area (Å²) in [7, 11) is 0. The molecule has 1 aromatic heterocycles. The van der Waals surface area contributed by atoms with Crippen molar-refractivity contribution in [2.45, 2.75) is 76.7 Å². The first-order valence-corrected chi connectivity index (χ1v) is 12.8. The van der Waals surface area contributed by atoms with Gasteiger partial charge in [0.1, 0.15) is 18.1 Å². The summed E-state index contributed by atoms with van der Waals surface area (Å²) in [6.07, 6.45) is 0.546. The molecule has 0 bridgehead atoms. The molecule has 13 heteroatoms. The Bertz CT molecular complexity index is 1180. The van der Waals surface area contributed by atoms with Gasteiger partial charge in [0.2, 0.25) is 23.6 Å². The average Bonchev–Trinajstić information content (AvgIpc) is 3.29. The lowest BCUT2D eigenvalue weighted by molar-refractivity contribution is -0.143. The number of carboxylic acid groups (broad SMARTS) is 1. The highest BCUT2D eigenvalue weighted by Crippen LogP contribution is 2.19. The van der Waals surface area contributed by atoms with Crippen LogP contribution in [0.5, 0.6) is 0 Å². The number of carbonyl (C=O) groups excluding carboxylic acids is 4. The van der Waals surface area contributed by atoms with Crippen molar-refractivity contribution >= 4 is 40.5 Å². The smallest absolute Gasteiger partial charge is 0.326 e. The molecule has 0 aliphatic rings. The van der Waals surface area contributed by atoms with Crippen LogP contribution in [-0.4, -0.2) is 75.1 Å². The maximum absolute atomic E-state index is 13.1. The Morgan fingerprint density at radius 2 is 1.59 bits per heavy atom. The molecule has 39 heavy (non-hydrogen) atoms. The number of carboxylic acids is 1. The largest absolute Gasteiger partial charge is 0.480 e. The number of aromatic amines is 1. The van der Waals surface area contributed by atoms with E-state index < -0.39 is 65.8 Å². The number of aliphatic hydroxyl groups is 1. The van der Waals surface area contributed by atoms with Crippen molar-refractivity contribution in [2.75, 3.05) is 0 Å². The lowest BCUT2D eigenvalue weighted by atomic mass is 9.96. The molecule has 4 amide bonds. The molecule has 0 spiro atoms. The van der Waals surface area contributed by atoms with Crippen LogP contribution in [0.2, 0.25) is 0 Å². The number of aliphatic hydroxyl groups excluding tert-OH is 1. The number of aromatic nitrogens is 1. The number of amides is 4. The molecule has 2 aromatic rings. The van der Waals surface area contributed by atoms with Crippen LogP contribution in [0, 0.1) is 5.92 Å². The maximum atomic E-state index is 13.1. The third-order valence-corrected chi connectivity index (χ3v) is 6.60. The molecular formula is C26H38N6O7. The lowest BCUT2D eigenvalue weighted by Gasteiger charge is -2.29. The van der Waals surface area contributed by atoms with Crippen molar-refractivity contribution in [3.8, 4) is 0 Å². The second-order valence-electron chi connectivity index (χ2n) is 9.67. The standard InChI is InChI=1S/C26H38N6O7/c1-4-13(2)21(24(36)30-19(26(38)39)9-10-20(28)34)31-25(37)22(14(3)33)32-23(35)17(27)11-15-12-29-18-8-6-5-7-16(15)18/h5-8,12-14,17,19,21-22,29,33H,4,9-11,27H2,1-3H3,(H2,28,34)(H,30,36)(H,31,37)(H,32,35)(H,38,39). The Balaban J connectivity index is 2.11. The predicted molar refractivity (Wildman–Crippen MR) is 143 cm³/mol. The van der Waals surface area contributed by atoms with Crippen LogP contribution < -0.4 is 27.4 Å². The van der Waals surface area contributed by atoms with E-state index >= 15 is 0 Å². The molecule has 6 atom stereocenters. The number of nitrogens with two attached hydrogens (primary N) is 2. The Kier molecular flexibility index (Phi) is 11.4.